The van der Waals surface area contributed by atoms with Gasteiger partial charge in [0.1, 0.15) is 0 Å². The van der Waals surface area contributed by atoms with E-state index in [0.29, 0.717) is 17.7 Å². The molecule has 0 N–H and O–H groups in total. The van der Waals surface area contributed by atoms with Gasteiger partial charge < -0.3 is 4.57 Å². The lowest BCUT2D eigenvalue weighted by Gasteiger charge is -2.36. The molecule has 2 unspecified atom stereocenters. The molecule has 2 aliphatic carbocycles. The quantitative estimate of drug-likeness (QED) is 0.133. The topological polar surface area (TPSA) is 30.7 Å². The molecule has 2 atom stereocenters. The van der Waals surface area contributed by atoms with Crippen molar-refractivity contribution >= 4 is 33.0 Å². The zero-order valence-corrected chi connectivity index (χ0v) is 31.3. The van der Waals surface area contributed by atoms with Crippen LogP contribution < -0.4 is 0 Å². The average Bonchev–Trinajstić information content (AvgIpc) is 3.56. The third-order valence-corrected chi connectivity index (χ3v) is 11.1. The van der Waals surface area contributed by atoms with Crippen LogP contribution in [0.15, 0.2) is 176 Å². The van der Waals surface area contributed by atoms with Crippen LogP contribution in [0.4, 0.5) is 0 Å². The Bertz CT molecular complexity index is 2500. The first kappa shape index (κ1) is 35.0. The maximum absolute atomic E-state index is 5.21. The van der Waals surface area contributed by atoms with E-state index in [4.69, 9.17) is 9.97 Å². The van der Waals surface area contributed by atoms with E-state index in [0.717, 1.165) is 35.5 Å². The largest absolute Gasteiger partial charge is 0.337 e. The number of fused-ring (bicyclic) bond motifs is 4. The first-order valence-electron chi connectivity index (χ1n) is 19.4. The Morgan fingerprint density at radius 2 is 1.56 bits per heavy atom. The number of allylic oxidation sites excluding steroid dienone is 13. The number of hydrogen-bond donors (Lipinski definition) is 0. The van der Waals surface area contributed by atoms with Crippen LogP contribution in [0.3, 0.4) is 0 Å². The van der Waals surface area contributed by atoms with Crippen LogP contribution in [0.1, 0.15) is 62.5 Å². The summed E-state index contributed by atoms with van der Waals surface area (Å²) >= 11 is 0. The highest BCUT2D eigenvalue weighted by Gasteiger charge is 2.32. The standard InChI is InChI=1S/C51H47N3/c1-4-7-9-17-34-54-48-26-16-15-24-45(48)50-41(25-18-27-49(50)54)38-30-28-37(29-31-38)40-32-33-44(43-23-14-13-22-42(40)43)47-35-46(39-20-11-10-12-21-39)52-51(53-47)36(6-3)19-8-5-2/h4-12,15-21,24-33,35,40,42H,3,13-14,22-23,34H2,1-2H3/b7-4-,8-5-,17-9-,36-19+. The molecule has 0 amide bonds. The summed E-state index contributed by atoms with van der Waals surface area (Å²) in [5.74, 6) is 1.47. The predicted octanol–water partition coefficient (Wildman–Crippen LogP) is 13.5. The van der Waals surface area contributed by atoms with Crippen LogP contribution in [-0.4, -0.2) is 14.5 Å². The molecule has 0 saturated heterocycles. The predicted molar refractivity (Wildman–Crippen MR) is 230 cm³/mol. The van der Waals surface area contributed by atoms with E-state index < -0.39 is 0 Å². The van der Waals surface area contributed by atoms with Gasteiger partial charge in [-0.15, -0.1) is 0 Å². The molecule has 3 nitrogen and oxygen atoms in total. The molecule has 54 heavy (non-hydrogen) atoms. The Labute approximate surface area is 319 Å². The second-order valence-electron chi connectivity index (χ2n) is 14.3. The molecule has 3 heteroatoms. The molecule has 0 bridgehead atoms. The zero-order valence-electron chi connectivity index (χ0n) is 31.3. The molecule has 0 spiro atoms. The van der Waals surface area contributed by atoms with Gasteiger partial charge in [0, 0.05) is 39.9 Å². The zero-order chi connectivity index (χ0) is 36.9. The Balaban J connectivity index is 1.16. The van der Waals surface area contributed by atoms with Crippen molar-refractivity contribution in [1.29, 1.82) is 0 Å². The summed E-state index contributed by atoms with van der Waals surface area (Å²) in [7, 11) is 0. The summed E-state index contributed by atoms with van der Waals surface area (Å²) < 4.78 is 2.43. The fourth-order valence-corrected chi connectivity index (χ4v) is 8.49. The minimum atomic E-state index is 0.327. The molecule has 1 fully saturated rings. The molecule has 2 aliphatic rings. The molecular formula is C51H47N3. The Morgan fingerprint density at radius 1 is 0.778 bits per heavy atom. The van der Waals surface area contributed by atoms with Crippen LogP contribution >= 0.6 is 0 Å². The molecule has 0 aliphatic heterocycles. The van der Waals surface area contributed by atoms with Crippen molar-refractivity contribution < 1.29 is 0 Å². The Morgan fingerprint density at radius 3 is 2.37 bits per heavy atom. The summed E-state index contributed by atoms with van der Waals surface area (Å²) in [4.78, 5) is 10.3. The van der Waals surface area contributed by atoms with Gasteiger partial charge in [0.05, 0.1) is 16.9 Å². The van der Waals surface area contributed by atoms with Gasteiger partial charge in [0.2, 0.25) is 0 Å². The van der Waals surface area contributed by atoms with Crippen molar-refractivity contribution in [2.75, 3.05) is 0 Å². The lowest BCUT2D eigenvalue weighted by atomic mass is 9.69. The number of rotatable bonds is 10. The van der Waals surface area contributed by atoms with Gasteiger partial charge >= 0.3 is 0 Å². The van der Waals surface area contributed by atoms with Crippen molar-refractivity contribution in [3.8, 4) is 22.4 Å². The van der Waals surface area contributed by atoms with E-state index in [1.165, 1.54) is 68.9 Å². The highest BCUT2D eigenvalue weighted by molar-refractivity contribution is 6.14. The molecule has 266 valence electrons. The van der Waals surface area contributed by atoms with E-state index in [-0.39, 0.29) is 0 Å². The van der Waals surface area contributed by atoms with E-state index in [9.17, 15) is 0 Å². The van der Waals surface area contributed by atoms with E-state index in [1.54, 1.807) is 0 Å². The second kappa shape index (κ2) is 15.9. The van der Waals surface area contributed by atoms with Gasteiger partial charge in [-0.1, -0.05) is 164 Å². The van der Waals surface area contributed by atoms with Crippen LogP contribution in [0.5, 0.6) is 0 Å². The van der Waals surface area contributed by atoms with Crippen molar-refractivity contribution in [2.45, 2.75) is 52.0 Å². The molecule has 1 saturated carbocycles. The molecule has 2 aromatic heterocycles. The van der Waals surface area contributed by atoms with Gasteiger partial charge in [-0.3, -0.25) is 0 Å². The van der Waals surface area contributed by atoms with Gasteiger partial charge in [-0.25, -0.2) is 9.97 Å². The third kappa shape index (κ3) is 6.78. The maximum atomic E-state index is 5.21. The number of benzene rings is 4. The summed E-state index contributed by atoms with van der Waals surface area (Å²) in [5.41, 5.74) is 13.1. The molecular weight excluding hydrogens is 655 g/mol. The van der Waals surface area contributed by atoms with Crippen LogP contribution in [0, 0.1) is 5.92 Å². The van der Waals surface area contributed by atoms with Crippen molar-refractivity contribution in [3.05, 3.63) is 193 Å². The fourth-order valence-electron chi connectivity index (χ4n) is 8.49. The normalized spacial score (nSPS) is 17.8. The van der Waals surface area contributed by atoms with Gasteiger partial charge in [-0.05, 0) is 79.5 Å². The summed E-state index contributed by atoms with van der Waals surface area (Å²) in [5, 5.41) is 2.62. The Hall–Kier alpha value is -6.06. The van der Waals surface area contributed by atoms with Gasteiger partial charge in [0.25, 0.3) is 0 Å². The lowest BCUT2D eigenvalue weighted by Crippen LogP contribution is -2.21. The minimum absolute atomic E-state index is 0.327. The monoisotopic (exact) mass is 701 g/mol. The van der Waals surface area contributed by atoms with Crippen LogP contribution in [0.25, 0.3) is 55.3 Å². The fraction of sp³-hybridized carbons (Fsp3) is 0.176. The molecule has 2 heterocycles. The summed E-state index contributed by atoms with van der Waals surface area (Å²) in [6.07, 6.45) is 26.0. The highest BCUT2D eigenvalue weighted by Crippen LogP contribution is 2.48. The highest BCUT2D eigenvalue weighted by atomic mass is 15.0. The SMILES string of the molecule is C=C/C(=C\C=C/C)c1nc(C2=C3CCCCC3C(c3ccc(-c4cccc5c4c4ccccc4n5C/C=C\C=C/C)cc3)C=C2)cc(-c2ccccc2)n1. The second-order valence-corrected chi connectivity index (χ2v) is 14.3. The number of aromatic nitrogens is 3. The third-order valence-electron chi connectivity index (χ3n) is 11.1. The maximum Gasteiger partial charge on any atom is 0.160 e. The smallest absolute Gasteiger partial charge is 0.160 e. The first-order valence-corrected chi connectivity index (χ1v) is 19.4. The van der Waals surface area contributed by atoms with Gasteiger partial charge in [-0.2, -0.15) is 0 Å². The van der Waals surface area contributed by atoms with Crippen molar-refractivity contribution in [3.63, 3.8) is 0 Å². The summed E-state index contributed by atoms with van der Waals surface area (Å²) in [6, 6.07) is 37.6. The average molecular weight is 702 g/mol. The summed E-state index contributed by atoms with van der Waals surface area (Å²) in [6.45, 7) is 9.00. The van der Waals surface area contributed by atoms with Crippen molar-refractivity contribution in [2.24, 2.45) is 5.92 Å². The minimum Gasteiger partial charge on any atom is -0.337 e. The van der Waals surface area contributed by atoms with Crippen molar-refractivity contribution in [1.82, 2.24) is 14.5 Å². The molecule has 4 aromatic carbocycles. The number of nitrogens with zero attached hydrogens (tertiary/aromatic N) is 3. The molecule has 6 aromatic rings. The lowest BCUT2D eigenvalue weighted by molar-refractivity contribution is 0.419. The number of para-hydroxylation sites is 1. The van der Waals surface area contributed by atoms with E-state index in [2.05, 4.69) is 152 Å². The van der Waals surface area contributed by atoms with E-state index in [1.807, 2.05) is 37.3 Å². The molecule has 0 radical (unpaired) electrons. The van der Waals surface area contributed by atoms with E-state index >= 15 is 0 Å². The Kier molecular flexibility index (Phi) is 10.3. The van der Waals surface area contributed by atoms with Crippen LogP contribution in [0.2, 0.25) is 0 Å². The molecule has 8 rings (SSSR count). The first-order chi connectivity index (χ1) is 26.7. The number of hydrogen-bond acceptors (Lipinski definition) is 2. The van der Waals surface area contributed by atoms with Gasteiger partial charge in [0.15, 0.2) is 5.82 Å². The van der Waals surface area contributed by atoms with Crippen LogP contribution in [-0.2, 0) is 6.54 Å².